The summed E-state index contributed by atoms with van der Waals surface area (Å²) in [6, 6.07) is 38.9. The predicted molar refractivity (Wildman–Crippen MR) is 335 cm³/mol. The van der Waals surface area contributed by atoms with Gasteiger partial charge in [-0.05, 0) is 137 Å². The number of aryl methyl sites for hydroxylation is 4. The number of benzene rings is 5. The monoisotopic (exact) mass is 1080 g/mol. The van der Waals surface area contributed by atoms with Gasteiger partial charge < -0.3 is 20.6 Å². The highest BCUT2D eigenvalue weighted by Crippen LogP contribution is 2.45. The molecule has 10 heteroatoms. The molecule has 2 amide bonds. The van der Waals surface area contributed by atoms with E-state index in [-0.39, 0.29) is 34.5 Å². The molecule has 7 rings (SSSR count). The average molecular weight is 1080 g/mol. The first-order valence-electron chi connectivity index (χ1n) is 28.6. The number of nitrogens with zero attached hydrogens (tertiary/aromatic N) is 2. The van der Waals surface area contributed by atoms with Gasteiger partial charge in [-0.15, -0.1) is 0 Å². The maximum absolute atomic E-state index is 15.0. The average Bonchev–Trinajstić information content (AvgIpc) is 3.56. The van der Waals surface area contributed by atoms with E-state index in [1.54, 1.807) is 0 Å². The Morgan fingerprint density at radius 1 is 0.577 bits per heavy atom. The number of hydrogen-bond donors (Lipinski definition) is 3. The molecule has 0 aliphatic heterocycles. The van der Waals surface area contributed by atoms with Gasteiger partial charge in [0, 0.05) is 77.5 Å². The third kappa shape index (κ3) is 15.9. The summed E-state index contributed by atoms with van der Waals surface area (Å²) in [5.74, 6) is 4.43. The number of nitrogens with one attached hydrogen (secondary N) is 2. The van der Waals surface area contributed by atoms with Gasteiger partial charge in [-0.2, -0.15) is 28.1 Å². The fourth-order valence-electron chi connectivity index (χ4n) is 9.95. The molecule has 410 valence electrons. The van der Waals surface area contributed by atoms with Crippen LogP contribution in [-0.4, -0.2) is 51.4 Å². The van der Waals surface area contributed by atoms with Crippen molar-refractivity contribution in [2.24, 2.45) is 11.8 Å². The summed E-state index contributed by atoms with van der Waals surface area (Å²) in [6.07, 6.45) is 17.4. The summed E-state index contributed by atoms with van der Waals surface area (Å²) in [4.78, 5) is 45.2. The topological polar surface area (TPSA) is 102 Å². The Kier molecular flexibility index (Phi) is 22.5. The van der Waals surface area contributed by atoms with Gasteiger partial charge in [-0.1, -0.05) is 137 Å². The second-order valence-corrected chi connectivity index (χ2v) is 23.5. The third-order valence-corrected chi connectivity index (χ3v) is 17.5. The highest BCUT2D eigenvalue weighted by molar-refractivity contribution is 7.99. The smallest absolute Gasteiger partial charge is 0.224 e. The van der Waals surface area contributed by atoms with Crippen molar-refractivity contribution in [3.05, 3.63) is 184 Å². The normalized spacial score (nSPS) is 14.9. The molecule has 2 unspecified atom stereocenters. The molecule has 2 aliphatic carbocycles. The number of allylic oxidation sites excluding steroid dienone is 5. The number of rotatable bonds is 28. The van der Waals surface area contributed by atoms with Crippen molar-refractivity contribution >= 4 is 86.5 Å². The molecule has 0 aromatic heterocycles. The number of aliphatic hydroxyl groups excluding tert-OH is 1. The van der Waals surface area contributed by atoms with Gasteiger partial charge in [0.05, 0.1) is 22.5 Å². The molecule has 0 spiro atoms. The van der Waals surface area contributed by atoms with Crippen LogP contribution in [0.5, 0.6) is 0 Å². The molecular weight excluding hydrogens is 1000 g/mol. The van der Waals surface area contributed by atoms with E-state index in [0.29, 0.717) is 60.0 Å². The summed E-state index contributed by atoms with van der Waals surface area (Å²) in [7, 11) is 0. The first-order valence-corrected chi connectivity index (χ1v) is 30.9. The van der Waals surface area contributed by atoms with Gasteiger partial charge in [0.25, 0.3) is 0 Å². The first-order chi connectivity index (χ1) is 37.8. The van der Waals surface area contributed by atoms with Crippen molar-refractivity contribution in [1.82, 2.24) is 9.89 Å². The number of anilines is 4. The molecule has 5 aromatic rings. The minimum Gasteiger partial charge on any atom is -0.506 e. The Bertz CT molecular complexity index is 2910. The van der Waals surface area contributed by atoms with Crippen LogP contribution >= 0.6 is 23.5 Å². The van der Waals surface area contributed by atoms with E-state index in [4.69, 9.17) is 0 Å². The Morgan fingerprint density at radius 2 is 1.04 bits per heavy atom. The van der Waals surface area contributed by atoms with Crippen LogP contribution in [0.3, 0.4) is 0 Å². The van der Waals surface area contributed by atoms with Crippen molar-refractivity contribution in [1.29, 1.82) is 0 Å². The van der Waals surface area contributed by atoms with Crippen molar-refractivity contribution in [2.45, 2.75) is 132 Å². The zero-order valence-corrected chi connectivity index (χ0v) is 49.2. The van der Waals surface area contributed by atoms with E-state index in [9.17, 15) is 19.5 Å². The lowest BCUT2D eigenvalue weighted by Gasteiger charge is -2.29. The molecule has 0 radical (unpaired) electrons. The largest absolute Gasteiger partial charge is 0.506 e. The SMILES string of the molecule is CCCCC(CC)CSCCCC(=O)NC1=CC(=[N+](c2ccc(C)cc2)c2ccc(C)cc2)C=CC1=C1C(=O)C(c2ccc(N(c3ccc(C)cc3)c3ccc(C)cc3)cc2NC(=O)CCCSCC(CC)CCCC)=C1O. The van der Waals surface area contributed by atoms with Crippen LogP contribution in [-0.2, 0) is 14.4 Å². The van der Waals surface area contributed by atoms with Gasteiger partial charge in [-0.3, -0.25) is 14.4 Å². The number of amides is 2. The fraction of sp³-hybridized carbons (Fsp3) is 0.382. The predicted octanol–water partition coefficient (Wildman–Crippen LogP) is 17.5. The fourth-order valence-corrected chi connectivity index (χ4v) is 12.5. The molecular formula is C68H83N4O4S2+. The summed E-state index contributed by atoms with van der Waals surface area (Å²) >= 11 is 3.84. The maximum atomic E-state index is 15.0. The van der Waals surface area contributed by atoms with E-state index in [2.05, 4.69) is 173 Å². The van der Waals surface area contributed by atoms with Crippen molar-refractivity contribution in [3.63, 3.8) is 0 Å². The molecule has 8 nitrogen and oxygen atoms in total. The molecule has 0 heterocycles. The number of carbonyl (C=O) groups is 3. The van der Waals surface area contributed by atoms with E-state index in [0.717, 1.165) is 92.3 Å². The molecule has 0 fully saturated rings. The van der Waals surface area contributed by atoms with Crippen LogP contribution in [0.1, 0.15) is 133 Å². The van der Waals surface area contributed by atoms with E-state index >= 15 is 0 Å². The van der Waals surface area contributed by atoms with Gasteiger partial charge in [-0.25, -0.2) is 0 Å². The second kappa shape index (κ2) is 29.6. The maximum Gasteiger partial charge on any atom is 0.224 e. The Balaban J connectivity index is 1.27. The third-order valence-electron chi connectivity index (χ3n) is 14.9. The van der Waals surface area contributed by atoms with Crippen LogP contribution in [0, 0.1) is 39.5 Å². The first kappa shape index (κ1) is 59.3. The standard InChI is InChI=1S/C68H82N4O4S2/c1-9-13-17-51(11-3)45-77-41-15-19-63(73)69-61-43-57(71(53-29-21-47(5)22-30-53)54-31-23-48(6)24-32-54)37-39-59(61)65-67(75)66(68(65)76)60-40-38-58(72(55-33-25-49(7)26-34-55)56-35-27-50(8)28-36-56)44-62(60)70-64(74)20-16-42-78-46-52(12-4)18-14-10-2/h21-40,43-44,51-52H,9-20,41-42,45-46H2,1-8H3,(H2,69,70,73,74,75,76)/p+1. The molecule has 0 bridgehead atoms. The summed E-state index contributed by atoms with van der Waals surface area (Å²) in [5.41, 5.74) is 11.7. The zero-order valence-electron chi connectivity index (χ0n) is 47.6. The highest BCUT2D eigenvalue weighted by Gasteiger charge is 2.40. The minimum absolute atomic E-state index is 0.112. The van der Waals surface area contributed by atoms with Crippen LogP contribution < -0.4 is 20.1 Å². The molecule has 0 saturated carbocycles. The van der Waals surface area contributed by atoms with E-state index in [1.807, 2.05) is 60.0 Å². The number of carbonyl (C=O) groups excluding carboxylic acids is 3. The summed E-state index contributed by atoms with van der Waals surface area (Å²) in [5, 5.41) is 18.8. The van der Waals surface area contributed by atoms with Crippen LogP contribution in [0.15, 0.2) is 156 Å². The van der Waals surface area contributed by atoms with Crippen LogP contribution in [0.4, 0.5) is 34.1 Å². The van der Waals surface area contributed by atoms with Gasteiger partial charge in [0.1, 0.15) is 5.76 Å². The van der Waals surface area contributed by atoms with E-state index < -0.39 is 0 Å². The molecule has 3 N–H and O–H groups in total. The molecule has 78 heavy (non-hydrogen) atoms. The molecule has 0 saturated heterocycles. The Hall–Kier alpha value is -6.36. The van der Waals surface area contributed by atoms with E-state index in [1.165, 1.54) is 38.5 Å². The van der Waals surface area contributed by atoms with Crippen molar-refractivity contribution < 1.29 is 19.5 Å². The lowest BCUT2D eigenvalue weighted by atomic mass is 9.78. The number of hydrogen-bond acceptors (Lipinski definition) is 7. The zero-order chi connectivity index (χ0) is 55.6. The second-order valence-electron chi connectivity index (χ2n) is 21.2. The van der Waals surface area contributed by atoms with Gasteiger partial charge >= 0.3 is 0 Å². The molecule has 2 atom stereocenters. The lowest BCUT2D eigenvalue weighted by Crippen LogP contribution is -2.31. The molecule has 5 aromatic carbocycles. The van der Waals surface area contributed by atoms with Crippen LogP contribution in [0.25, 0.3) is 5.57 Å². The number of aliphatic hydroxyl groups is 1. The molecule has 2 aliphatic rings. The number of unbranched alkanes of at least 4 members (excludes halogenated alkanes) is 2. The number of thioether (sulfide) groups is 2. The lowest BCUT2D eigenvalue weighted by molar-refractivity contribution is -0.120. The highest BCUT2D eigenvalue weighted by atomic mass is 32.2. The van der Waals surface area contributed by atoms with Gasteiger partial charge in [0.15, 0.2) is 0 Å². The van der Waals surface area contributed by atoms with Gasteiger partial charge in [0.2, 0.25) is 34.7 Å². The summed E-state index contributed by atoms with van der Waals surface area (Å²) < 4.78 is 2.13. The Labute approximate surface area is 474 Å². The quantitative estimate of drug-likeness (QED) is 0.0261. The summed E-state index contributed by atoms with van der Waals surface area (Å²) in [6.45, 7) is 17.2. The number of Topliss-reactive ketones (excluding diaryl/α,β-unsaturated/α-hetero) is 1. The van der Waals surface area contributed by atoms with Crippen LogP contribution in [0.2, 0.25) is 0 Å². The van der Waals surface area contributed by atoms with Crippen molar-refractivity contribution in [3.8, 4) is 0 Å². The minimum atomic E-state index is -0.378. The Morgan fingerprint density at radius 3 is 1.50 bits per heavy atom. The van der Waals surface area contributed by atoms with Crippen molar-refractivity contribution in [2.75, 3.05) is 33.2 Å². The number of ketones is 1.